The molecule has 2 aromatic rings. The van der Waals surface area contributed by atoms with Crippen molar-refractivity contribution in [3.05, 3.63) is 60.7 Å². The van der Waals surface area contributed by atoms with Gasteiger partial charge in [0.15, 0.2) is 0 Å². The van der Waals surface area contributed by atoms with Crippen LogP contribution in [0.3, 0.4) is 0 Å². The maximum absolute atomic E-state index is 8.25. The topological polar surface area (TPSA) is 61.8 Å². The van der Waals surface area contributed by atoms with Gasteiger partial charge >= 0.3 is 0 Å². The Hall–Kier alpha value is -2.47. The number of nitrogens with one attached hydrogen (secondary N) is 1. The fraction of sp³-hybridized carbons (Fsp3) is 0.133. The first-order chi connectivity index (χ1) is 8.83. The van der Waals surface area contributed by atoms with Gasteiger partial charge in [0.05, 0.1) is 12.5 Å². The third kappa shape index (κ3) is 6.19. The number of nitrogens with zero attached hydrogens (tertiary/aromatic N) is 1. The average Bonchev–Trinajstić information content (AvgIpc) is 2.42. The Morgan fingerprint density at radius 2 is 1.50 bits per heavy atom. The lowest BCUT2D eigenvalue weighted by Gasteiger charge is -2.01. The molecule has 0 heterocycles. The summed E-state index contributed by atoms with van der Waals surface area (Å²) in [6, 6.07) is 21.4. The van der Waals surface area contributed by atoms with E-state index in [0.717, 1.165) is 17.9 Å². The molecule has 2 rings (SSSR count). The van der Waals surface area contributed by atoms with E-state index in [0.29, 0.717) is 6.42 Å². The van der Waals surface area contributed by atoms with Crippen molar-refractivity contribution in [2.75, 3.05) is 17.6 Å². The first-order valence-corrected chi connectivity index (χ1v) is 5.79. The van der Waals surface area contributed by atoms with Crippen molar-refractivity contribution in [3.8, 4) is 6.07 Å². The Kier molecular flexibility index (Phi) is 6.54. The van der Waals surface area contributed by atoms with E-state index in [1.54, 1.807) is 0 Å². The van der Waals surface area contributed by atoms with E-state index in [1.807, 2.05) is 60.7 Å². The Morgan fingerprint density at radius 3 is 1.94 bits per heavy atom. The molecule has 92 valence electrons. The van der Waals surface area contributed by atoms with Crippen LogP contribution in [0.1, 0.15) is 6.42 Å². The zero-order chi connectivity index (χ0) is 13.1. The van der Waals surface area contributed by atoms with Crippen LogP contribution in [0.2, 0.25) is 0 Å². The number of nitrogens with two attached hydrogens (primary N) is 1. The van der Waals surface area contributed by atoms with Crippen molar-refractivity contribution >= 4 is 11.4 Å². The molecule has 2 aromatic carbocycles. The Labute approximate surface area is 108 Å². The number of benzene rings is 2. The van der Waals surface area contributed by atoms with Gasteiger partial charge in [-0.25, -0.2) is 0 Å². The van der Waals surface area contributed by atoms with Crippen LogP contribution in [0.4, 0.5) is 11.4 Å². The molecule has 0 bridgehead atoms. The van der Waals surface area contributed by atoms with Gasteiger partial charge in [0.2, 0.25) is 0 Å². The number of anilines is 2. The fourth-order valence-corrected chi connectivity index (χ4v) is 1.27. The van der Waals surface area contributed by atoms with E-state index in [1.165, 1.54) is 0 Å². The SMILES string of the molecule is N#CCCNc1ccccc1.Nc1ccccc1. The molecule has 0 fully saturated rings. The maximum atomic E-state index is 8.25. The van der Waals surface area contributed by atoms with Crippen molar-refractivity contribution in [1.29, 1.82) is 5.26 Å². The summed E-state index contributed by atoms with van der Waals surface area (Å²) in [5.74, 6) is 0. The summed E-state index contributed by atoms with van der Waals surface area (Å²) < 4.78 is 0. The van der Waals surface area contributed by atoms with Gasteiger partial charge in [-0.2, -0.15) is 5.26 Å². The maximum Gasteiger partial charge on any atom is 0.0640 e. The third-order valence-electron chi connectivity index (χ3n) is 2.14. The van der Waals surface area contributed by atoms with Gasteiger partial charge in [0.1, 0.15) is 0 Å². The van der Waals surface area contributed by atoms with Gasteiger partial charge in [-0.1, -0.05) is 36.4 Å². The van der Waals surface area contributed by atoms with Crippen LogP contribution in [-0.4, -0.2) is 6.54 Å². The van der Waals surface area contributed by atoms with Crippen LogP contribution in [0, 0.1) is 11.3 Å². The smallest absolute Gasteiger partial charge is 0.0640 e. The van der Waals surface area contributed by atoms with Crippen molar-refractivity contribution in [1.82, 2.24) is 0 Å². The van der Waals surface area contributed by atoms with Crippen LogP contribution in [0.25, 0.3) is 0 Å². The summed E-state index contributed by atoms with van der Waals surface area (Å²) in [7, 11) is 0. The second-order valence-corrected chi connectivity index (χ2v) is 3.61. The molecule has 0 aliphatic carbocycles. The van der Waals surface area contributed by atoms with Crippen molar-refractivity contribution in [2.24, 2.45) is 0 Å². The average molecular weight is 239 g/mol. The number of hydrogen-bond donors (Lipinski definition) is 2. The number of rotatable bonds is 3. The highest BCUT2D eigenvalue weighted by Gasteiger charge is 1.86. The van der Waals surface area contributed by atoms with Gasteiger partial charge in [0.25, 0.3) is 0 Å². The largest absolute Gasteiger partial charge is 0.399 e. The predicted molar refractivity (Wildman–Crippen MR) is 76.0 cm³/mol. The molecule has 0 saturated carbocycles. The molecule has 3 heteroatoms. The highest BCUT2D eigenvalue weighted by molar-refractivity contribution is 5.42. The Balaban J connectivity index is 0.000000199. The zero-order valence-electron chi connectivity index (χ0n) is 10.2. The van der Waals surface area contributed by atoms with Gasteiger partial charge in [-0.3, -0.25) is 0 Å². The lowest BCUT2D eigenvalue weighted by molar-refractivity contribution is 1.08. The Bertz CT molecular complexity index is 460. The third-order valence-corrected chi connectivity index (χ3v) is 2.14. The number of para-hydroxylation sites is 2. The van der Waals surface area contributed by atoms with Gasteiger partial charge in [0, 0.05) is 17.9 Å². The summed E-state index contributed by atoms with van der Waals surface area (Å²) in [5, 5.41) is 11.4. The molecule has 0 radical (unpaired) electrons. The molecule has 0 amide bonds. The minimum absolute atomic E-state index is 0.550. The summed E-state index contributed by atoms with van der Waals surface area (Å²) in [6.07, 6.45) is 0.550. The lowest BCUT2D eigenvalue weighted by atomic mass is 10.3. The summed E-state index contributed by atoms with van der Waals surface area (Å²) in [4.78, 5) is 0. The number of nitriles is 1. The normalized spacial score (nSPS) is 8.61. The van der Waals surface area contributed by atoms with E-state index in [4.69, 9.17) is 11.0 Å². The molecule has 18 heavy (non-hydrogen) atoms. The van der Waals surface area contributed by atoms with Crippen LogP contribution in [0.5, 0.6) is 0 Å². The van der Waals surface area contributed by atoms with Crippen LogP contribution in [0.15, 0.2) is 60.7 Å². The standard InChI is InChI=1S/C9H10N2.C6H7N/c10-7-4-8-11-9-5-2-1-3-6-9;7-6-4-2-1-3-5-6/h1-3,5-6,11H,4,8H2;1-5H,7H2. The fourth-order valence-electron chi connectivity index (χ4n) is 1.27. The van der Waals surface area contributed by atoms with Gasteiger partial charge in [-0.05, 0) is 24.3 Å². The number of nitrogen functional groups attached to an aromatic ring is 1. The molecular weight excluding hydrogens is 222 g/mol. The second kappa shape index (κ2) is 8.66. The molecular formula is C15H17N3. The van der Waals surface area contributed by atoms with Crippen LogP contribution < -0.4 is 11.1 Å². The second-order valence-electron chi connectivity index (χ2n) is 3.61. The predicted octanol–water partition coefficient (Wildman–Crippen LogP) is 3.28. The molecule has 0 aliphatic rings. The molecule has 0 atom stereocenters. The van der Waals surface area contributed by atoms with Crippen molar-refractivity contribution in [3.63, 3.8) is 0 Å². The molecule has 0 spiro atoms. The highest BCUT2D eigenvalue weighted by Crippen LogP contribution is 2.03. The lowest BCUT2D eigenvalue weighted by Crippen LogP contribution is -1.99. The highest BCUT2D eigenvalue weighted by atomic mass is 14.9. The van der Waals surface area contributed by atoms with Crippen LogP contribution >= 0.6 is 0 Å². The van der Waals surface area contributed by atoms with Gasteiger partial charge in [-0.15, -0.1) is 0 Å². The van der Waals surface area contributed by atoms with Crippen molar-refractivity contribution in [2.45, 2.75) is 6.42 Å². The molecule has 0 aliphatic heterocycles. The zero-order valence-corrected chi connectivity index (χ0v) is 10.2. The number of hydrogen-bond acceptors (Lipinski definition) is 3. The summed E-state index contributed by atoms with van der Waals surface area (Å²) in [5.41, 5.74) is 7.25. The minimum Gasteiger partial charge on any atom is -0.399 e. The first-order valence-electron chi connectivity index (χ1n) is 5.79. The van der Waals surface area contributed by atoms with E-state index in [-0.39, 0.29) is 0 Å². The van der Waals surface area contributed by atoms with Crippen LogP contribution in [-0.2, 0) is 0 Å². The van der Waals surface area contributed by atoms with E-state index >= 15 is 0 Å². The van der Waals surface area contributed by atoms with Crippen molar-refractivity contribution < 1.29 is 0 Å². The monoisotopic (exact) mass is 239 g/mol. The molecule has 0 saturated heterocycles. The molecule has 0 unspecified atom stereocenters. The summed E-state index contributed by atoms with van der Waals surface area (Å²) >= 11 is 0. The minimum atomic E-state index is 0.550. The molecule has 3 nitrogen and oxygen atoms in total. The molecule has 0 aromatic heterocycles. The van der Waals surface area contributed by atoms with E-state index in [2.05, 4.69) is 11.4 Å². The Morgan fingerprint density at radius 1 is 0.944 bits per heavy atom. The van der Waals surface area contributed by atoms with Gasteiger partial charge < -0.3 is 11.1 Å². The van der Waals surface area contributed by atoms with E-state index < -0.39 is 0 Å². The summed E-state index contributed by atoms with van der Waals surface area (Å²) in [6.45, 7) is 0.723. The quantitative estimate of drug-likeness (QED) is 0.638. The first kappa shape index (κ1) is 13.6. The molecule has 3 N–H and O–H groups in total. The van der Waals surface area contributed by atoms with E-state index in [9.17, 15) is 0 Å².